The molecule has 4 nitrogen and oxygen atoms in total. The lowest BCUT2D eigenvalue weighted by molar-refractivity contribution is -0.138. The predicted molar refractivity (Wildman–Crippen MR) is 46.4 cm³/mol. The molecule has 0 N–H and O–H groups in total. The molecule has 0 saturated heterocycles. The Morgan fingerprint density at radius 3 is 1.92 bits per heavy atom. The molecule has 13 heavy (non-hydrogen) atoms. The van der Waals surface area contributed by atoms with Crippen LogP contribution in [-0.2, 0) is 19.1 Å². The molecule has 0 rings (SSSR count). The summed E-state index contributed by atoms with van der Waals surface area (Å²) in [7, 11) is 1.46. The smallest absolute Gasteiger partial charge is 0.153 e. The lowest BCUT2D eigenvalue weighted by atomic mass is 9.94. The highest BCUT2D eigenvalue weighted by atomic mass is 16.5. The zero-order valence-corrected chi connectivity index (χ0v) is 8.12. The minimum absolute atomic E-state index is 0.111. The number of rotatable bonds is 6. The maximum atomic E-state index is 11.3. The van der Waals surface area contributed by atoms with Gasteiger partial charge in [0.05, 0.1) is 6.61 Å². The molecule has 0 aliphatic rings. The Balaban J connectivity index is 4.30. The Morgan fingerprint density at radius 2 is 1.62 bits per heavy atom. The highest BCUT2D eigenvalue weighted by molar-refractivity contribution is 6.18. The van der Waals surface area contributed by atoms with Crippen molar-refractivity contribution in [3.8, 4) is 0 Å². The van der Waals surface area contributed by atoms with Crippen molar-refractivity contribution in [3.63, 3.8) is 0 Å². The van der Waals surface area contributed by atoms with Crippen LogP contribution in [0.3, 0.4) is 0 Å². The van der Waals surface area contributed by atoms with Gasteiger partial charge in [0.2, 0.25) is 0 Å². The first-order valence-electron chi connectivity index (χ1n) is 4.03. The van der Waals surface area contributed by atoms with Crippen LogP contribution in [0.1, 0.15) is 20.3 Å². The van der Waals surface area contributed by atoms with E-state index in [1.54, 1.807) is 0 Å². The molecule has 0 spiro atoms. The van der Waals surface area contributed by atoms with Gasteiger partial charge in [-0.1, -0.05) is 0 Å². The van der Waals surface area contributed by atoms with Crippen LogP contribution in [0.5, 0.6) is 0 Å². The Kier molecular flexibility index (Phi) is 5.14. The van der Waals surface area contributed by atoms with Gasteiger partial charge in [0.25, 0.3) is 0 Å². The Labute approximate surface area is 77.3 Å². The summed E-state index contributed by atoms with van der Waals surface area (Å²) in [5.74, 6) is -2.24. The van der Waals surface area contributed by atoms with E-state index in [0.717, 1.165) is 0 Å². The van der Waals surface area contributed by atoms with Gasteiger partial charge in [0.1, 0.15) is 17.5 Å². The van der Waals surface area contributed by atoms with Crippen LogP contribution in [-0.4, -0.2) is 31.1 Å². The molecule has 0 amide bonds. The van der Waals surface area contributed by atoms with Crippen LogP contribution < -0.4 is 0 Å². The molecule has 0 aromatic rings. The fourth-order valence-corrected chi connectivity index (χ4v) is 1.09. The van der Waals surface area contributed by atoms with E-state index in [9.17, 15) is 14.4 Å². The van der Waals surface area contributed by atoms with E-state index in [2.05, 4.69) is 4.74 Å². The van der Waals surface area contributed by atoms with E-state index < -0.39 is 17.5 Å². The van der Waals surface area contributed by atoms with Gasteiger partial charge in [0, 0.05) is 13.5 Å². The summed E-state index contributed by atoms with van der Waals surface area (Å²) in [6.07, 6.45) is 0.111. The van der Waals surface area contributed by atoms with Crippen molar-refractivity contribution < 1.29 is 19.1 Å². The lowest BCUT2D eigenvalue weighted by Gasteiger charge is -2.07. The normalized spacial score (nSPS) is 10.2. The molecule has 0 radical (unpaired) electrons. The minimum atomic E-state index is -1.09. The SMILES string of the molecule is COCCC(=O)C(C(C)=O)C(C)=O. The van der Waals surface area contributed by atoms with Crippen molar-refractivity contribution in [2.75, 3.05) is 13.7 Å². The van der Waals surface area contributed by atoms with Gasteiger partial charge in [0.15, 0.2) is 5.78 Å². The number of Topliss-reactive ketones (excluding diaryl/α,β-unsaturated/α-hetero) is 3. The number of carbonyl (C=O) groups is 3. The fraction of sp³-hybridized carbons (Fsp3) is 0.667. The average Bonchev–Trinajstić information content (AvgIpc) is 1.99. The second-order valence-corrected chi connectivity index (χ2v) is 2.86. The molecule has 0 saturated carbocycles. The number of carbonyl (C=O) groups excluding carboxylic acids is 3. The molecule has 0 bridgehead atoms. The number of ether oxygens (including phenoxy) is 1. The summed E-state index contributed by atoms with van der Waals surface area (Å²) in [4.78, 5) is 33.1. The predicted octanol–water partition coefficient (Wildman–Crippen LogP) is 0.386. The fourth-order valence-electron chi connectivity index (χ4n) is 1.09. The molecule has 4 heteroatoms. The molecular weight excluding hydrogens is 172 g/mol. The summed E-state index contributed by atoms with van der Waals surface area (Å²) >= 11 is 0. The molecule has 0 aromatic carbocycles. The Hall–Kier alpha value is -1.03. The summed E-state index contributed by atoms with van der Waals surface area (Å²) < 4.78 is 4.68. The highest BCUT2D eigenvalue weighted by Crippen LogP contribution is 2.05. The highest BCUT2D eigenvalue weighted by Gasteiger charge is 2.26. The monoisotopic (exact) mass is 186 g/mol. The van der Waals surface area contributed by atoms with Gasteiger partial charge in [-0.25, -0.2) is 0 Å². The number of ketones is 3. The van der Waals surface area contributed by atoms with Crippen molar-refractivity contribution in [2.24, 2.45) is 5.92 Å². The molecule has 0 heterocycles. The van der Waals surface area contributed by atoms with Crippen molar-refractivity contribution in [2.45, 2.75) is 20.3 Å². The third kappa shape index (κ3) is 3.94. The first kappa shape index (κ1) is 12.0. The zero-order valence-electron chi connectivity index (χ0n) is 8.12. The van der Waals surface area contributed by atoms with Crippen LogP contribution in [0.25, 0.3) is 0 Å². The van der Waals surface area contributed by atoms with Gasteiger partial charge in [-0.15, -0.1) is 0 Å². The van der Waals surface area contributed by atoms with E-state index in [1.165, 1.54) is 21.0 Å². The minimum Gasteiger partial charge on any atom is -0.384 e. The van der Waals surface area contributed by atoms with Crippen LogP contribution in [0.2, 0.25) is 0 Å². The molecule has 0 unspecified atom stereocenters. The Morgan fingerprint density at radius 1 is 1.15 bits per heavy atom. The molecule has 74 valence electrons. The quantitative estimate of drug-likeness (QED) is 0.563. The van der Waals surface area contributed by atoms with Crippen LogP contribution in [0, 0.1) is 5.92 Å². The van der Waals surface area contributed by atoms with Gasteiger partial charge in [-0.3, -0.25) is 14.4 Å². The summed E-state index contributed by atoms with van der Waals surface area (Å²) in [5, 5.41) is 0. The van der Waals surface area contributed by atoms with E-state index in [-0.39, 0.29) is 18.8 Å². The molecular formula is C9H14O4. The molecule has 0 fully saturated rings. The van der Waals surface area contributed by atoms with Crippen LogP contribution in [0.4, 0.5) is 0 Å². The third-order valence-electron chi connectivity index (χ3n) is 1.69. The van der Waals surface area contributed by atoms with Gasteiger partial charge >= 0.3 is 0 Å². The van der Waals surface area contributed by atoms with E-state index in [1.807, 2.05) is 0 Å². The molecule has 0 aromatic heterocycles. The zero-order chi connectivity index (χ0) is 10.4. The number of hydrogen-bond donors (Lipinski definition) is 0. The van der Waals surface area contributed by atoms with E-state index in [0.29, 0.717) is 0 Å². The largest absolute Gasteiger partial charge is 0.384 e. The first-order valence-corrected chi connectivity index (χ1v) is 4.03. The van der Waals surface area contributed by atoms with Gasteiger partial charge in [-0.2, -0.15) is 0 Å². The van der Waals surface area contributed by atoms with Crippen molar-refractivity contribution >= 4 is 17.3 Å². The van der Waals surface area contributed by atoms with Crippen LogP contribution >= 0.6 is 0 Å². The molecule has 0 atom stereocenters. The standard InChI is InChI=1S/C9H14O4/c1-6(10)9(7(2)11)8(12)4-5-13-3/h9H,4-5H2,1-3H3. The second kappa shape index (κ2) is 5.59. The summed E-state index contributed by atoms with van der Waals surface area (Å²) in [5.41, 5.74) is 0. The average molecular weight is 186 g/mol. The van der Waals surface area contributed by atoms with E-state index >= 15 is 0 Å². The summed E-state index contributed by atoms with van der Waals surface area (Å²) in [6.45, 7) is 2.74. The van der Waals surface area contributed by atoms with Gasteiger partial charge < -0.3 is 4.74 Å². The maximum Gasteiger partial charge on any atom is 0.153 e. The maximum absolute atomic E-state index is 11.3. The molecule has 0 aliphatic heterocycles. The second-order valence-electron chi connectivity index (χ2n) is 2.86. The van der Waals surface area contributed by atoms with Crippen molar-refractivity contribution in [1.82, 2.24) is 0 Å². The van der Waals surface area contributed by atoms with Gasteiger partial charge in [-0.05, 0) is 13.8 Å². The van der Waals surface area contributed by atoms with Crippen LogP contribution in [0.15, 0.2) is 0 Å². The van der Waals surface area contributed by atoms with Crippen molar-refractivity contribution in [1.29, 1.82) is 0 Å². The lowest BCUT2D eigenvalue weighted by Crippen LogP contribution is -2.29. The Bertz CT molecular complexity index is 206. The molecule has 0 aliphatic carbocycles. The topological polar surface area (TPSA) is 60.4 Å². The number of hydrogen-bond acceptors (Lipinski definition) is 4. The third-order valence-corrected chi connectivity index (χ3v) is 1.69. The summed E-state index contributed by atoms with van der Waals surface area (Å²) in [6, 6.07) is 0. The first-order chi connectivity index (χ1) is 6.00. The van der Waals surface area contributed by atoms with E-state index in [4.69, 9.17) is 0 Å². The van der Waals surface area contributed by atoms with Crippen molar-refractivity contribution in [3.05, 3.63) is 0 Å². The number of methoxy groups -OCH3 is 1.